The number of nitrogens with zero attached hydrogens (tertiary/aromatic N) is 1. The van der Waals surface area contributed by atoms with E-state index in [2.05, 4.69) is 0 Å². The highest BCUT2D eigenvalue weighted by Gasteiger charge is 2.30. The van der Waals surface area contributed by atoms with Crippen molar-refractivity contribution in [2.45, 2.75) is 32.6 Å². The number of ether oxygens (including phenoxy) is 5. The summed E-state index contributed by atoms with van der Waals surface area (Å²) in [6, 6.07) is 16.4. The molecule has 8 heteroatoms. The molecule has 34 heavy (non-hydrogen) atoms. The molecule has 1 aromatic heterocycles. The highest BCUT2D eigenvalue weighted by molar-refractivity contribution is 5.99. The van der Waals surface area contributed by atoms with E-state index in [1.807, 2.05) is 48.7 Å². The highest BCUT2D eigenvalue weighted by atomic mass is 16.6. The molecule has 0 amide bonds. The summed E-state index contributed by atoms with van der Waals surface area (Å²) in [6.45, 7) is 4.41. The highest BCUT2D eigenvalue weighted by Crippen LogP contribution is 2.32. The Morgan fingerprint density at radius 1 is 0.912 bits per heavy atom. The monoisotopic (exact) mass is 463 g/mol. The second-order valence-electron chi connectivity index (χ2n) is 8.29. The SMILES string of the molecule is Cc1cc(C(=O)COC(=O)[C@H]2COc3ccccc3O2)c(C)n1C[C@@H]1COc2ccccc2O1. The van der Waals surface area contributed by atoms with Gasteiger partial charge in [0.25, 0.3) is 0 Å². The summed E-state index contributed by atoms with van der Waals surface area (Å²) >= 11 is 0. The Balaban J connectivity index is 1.20. The van der Waals surface area contributed by atoms with Crippen LogP contribution in [0, 0.1) is 13.8 Å². The van der Waals surface area contributed by atoms with Crippen LogP contribution < -0.4 is 18.9 Å². The summed E-state index contributed by atoms with van der Waals surface area (Å²) in [5.41, 5.74) is 2.20. The van der Waals surface area contributed by atoms with Gasteiger partial charge < -0.3 is 28.3 Å². The number of esters is 1. The van der Waals surface area contributed by atoms with E-state index in [0.29, 0.717) is 36.0 Å². The summed E-state index contributed by atoms with van der Waals surface area (Å²) in [5, 5.41) is 0. The zero-order valence-electron chi connectivity index (χ0n) is 19.0. The van der Waals surface area contributed by atoms with Crippen LogP contribution in [0.4, 0.5) is 0 Å². The lowest BCUT2D eigenvalue weighted by Crippen LogP contribution is -2.38. The fourth-order valence-corrected chi connectivity index (χ4v) is 4.16. The van der Waals surface area contributed by atoms with Crippen molar-refractivity contribution in [2.24, 2.45) is 0 Å². The van der Waals surface area contributed by atoms with Crippen LogP contribution in [0.25, 0.3) is 0 Å². The van der Waals surface area contributed by atoms with Crippen molar-refractivity contribution in [3.8, 4) is 23.0 Å². The number of fused-ring (bicyclic) bond motifs is 2. The number of carbonyl (C=O) groups excluding carboxylic acids is 2. The average molecular weight is 463 g/mol. The van der Waals surface area contributed by atoms with Gasteiger partial charge in [0.1, 0.15) is 13.2 Å². The Bertz CT molecular complexity index is 1230. The van der Waals surface area contributed by atoms with E-state index in [1.54, 1.807) is 24.3 Å². The van der Waals surface area contributed by atoms with E-state index in [4.69, 9.17) is 23.7 Å². The van der Waals surface area contributed by atoms with Crippen LogP contribution in [-0.2, 0) is 16.1 Å². The molecule has 0 fully saturated rings. The topological polar surface area (TPSA) is 85.2 Å². The molecule has 5 rings (SSSR count). The van der Waals surface area contributed by atoms with Crippen LogP contribution in [0.1, 0.15) is 21.7 Å². The molecule has 3 heterocycles. The maximum Gasteiger partial charge on any atom is 0.351 e. The Kier molecular flexibility index (Phi) is 5.88. The molecular formula is C26H25NO7. The first-order valence-corrected chi connectivity index (χ1v) is 11.1. The van der Waals surface area contributed by atoms with E-state index in [-0.39, 0.29) is 25.1 Å². The van der Waals surface area contributed by atoms with Crippen LogP contribution in [0.2, 0.25) is 0 Å². The number of aromatic nitrogens is 1. The summed E-state index contributed by atoms with van der Waals surface area (Å²) in [7, 11) is 0. The third-order valence-electron chi connectivity index (χ3n) is 5.94. The predicted octanol–water partition coefficient (Wildman–Crippen LogP) is 3.51. The van der Waals surface area contributed by atoms with Gasteiger partial charge in [-0.1, -0.05) is 24.3 Å². The average Bonchev–Trinajstić information content (AvgIpc) is 3.15. The van der Waals surface area contributed by atoms with Crippen molar-refractivity contribution >= 4 is 11.8 Å². The van der Waals surface area contributed by atoms with Crippen molar-refractivity contribution in [1.29, 1.82) is 0 Å². The molecule has 0 bridgehead atoms. The Hall–Kier alpha value is -3.94. The lowest BCUT2D eigenvalue weighted by atomic mass is 10.1. The molecule has 2 aliphatic rings. The summed E-state index contributed by atoms with van der Waals surface area (Å²) in [4.78, 5) is 25.3. The Morgan fingerprint density at radius 3 is 2.24 bits per heavy atom. The van der Waals surface area contributed by atoms with Crippen molar-refractivity contribution in [1.82, 2.24) is 4.57 Å². The Labute approximate surface area is 196 Å². The molecule has 8 nitrogen and oxygen atoms in total. The third-order valence-corrected chi connectivity index (χ3v) is 5.94. The molecule has 0 unspecified atom stereocenters. The second-order valence-corrected chi connectivity index (χ2v) is 8.29. The van der Waals surface area contributed by atoms with Crippen molar-refractivity contribution in [3.63, 3.8) is 0 Å². The van der Waals surface area contributed by atoms with Gasteiger partial charge in [-0.3, -0.25) is 4.79 Å². The minimum Gasteiger partial charge on any atom is -0.486 e. The van der Waals surface area contributed by atoms with Gasteiger partial charge in [-0.2, -0.15) is 0 Å². The van der Waals surface area contributed by atoms with Gasteiger partial charge in [0, 0.05) is 17.0 Å². The molecule has 2 aromatic carbocycles. The van der Waals surface area contributed by atoms with Crippen LogP contribution >= 0.6 is 0 Å². The zero-order valence-corrected chi connectivity index (χ0v) is 19.0. The van der Waals surface area contributed by atoms with E-state index >= 15 is 0 Å². The maximum atomic E-state index is 12.9. The first-order chi connectivity index (χ1) is 16.5. The molecule has 0 aliphatic carbocycles. The normalized spacial score (nSPS) is 18.3. The molecule has 0 radical (unpaired) electrons. The zero-order chi connectivity index (χ0) is 23.7. The molecule has 176 valence electrons. The van der Waals surface area contributed by atoms with Crippen molar-refractivity contribution in [3.05, 3.63) is 71.5 Å². The summed E-state index contributed by atoms with van der Waals surface area (Å²) < 4.78 is 30.3. The number of rotatable bonds is 6. The number of carbonyl (C=O) groups is 2. The molecule has 0 saturated carbocycles. The van der Waals surface area contributed by atoms with Gasteiger partial charge >= 0.3 is 5.97 Å². The number of para-hydroxylation sites is 4. The lowest BCUT2D eigenvalue weighted by Gasteiger charge is -2.27. The molecular weight excluding hydrogens is 438 g/mol. The van der Waals surface area contributed by atoms with Crippen molar-refractivity contribution in [2.75, 3.05) is 19.8 Å². The quantitative estimate of drug-likeness (QED) is 0.409. The standard InChI is InChI=1S/C26H25NO7/c1-16-11-19(17(2)27(16)12-18-13-30-21-7-3-5-9-23(21)33-18)20(28)14-32-26(29)25-15-31-22-8-4-6-10-24(22)34-25/h3-11,18,25H,12-15H2,1-2H3/t18-,25-/m1/s1. The predicted molar refractivity (Wildman–Crippen MR) is 122 cm³/mol. The van der Waals surface area contributed by atoms with Gasteiger partial charge in [0.05, 0.1) is 6.54 Å². The first-order valence-electron chi connectivity index (χ1n) is 11.1. The number of hydrogen-bond acceptors (Lipinski definition) is 7. The van der Waals surface area contributed by atoms with E-state index in [1.165, 1.54) is 0 Å². The third kappa shape index (κ3) is 4.31. The van der Waals surface area contributed by atoms with Gasteiger partial charge in [0.15, 0.2) is 35.7 Å². The number of Topliss-reactive ketones (excluding diaryl/α,β-unsaturated/α-hetero) is 1. The second kappa shape index (κ2) is 9.13. The number of aryl methyl sites for hydroxylation is 1. The van der Waals surface area contributed by atoms with Gasteiger partial charge in [-0.15, -0.1) is 0 Å². The minimum atomic E-state index is -0.915. The van der Waals surface area contributed by atoms with Gasteiger partial charge in [-0.25, -0.2) is 4.79 Å². The first kappa shape index (κ1) is 21.9. The minimum absolute atomic E-state index is 0.0329. The molecule has 0 spiro atoms. The number of benzene rings is 2. The van der Waals surface area contributed by atoms with Crippen LogP contribution in [0.15, 0.2) is 54.6 Å². The molecule has 0 N–H and O–H groups in total. The lowest BCUT2D eigenvalue weighted by molar-refractivity contribution is -0.153. The molecule has 2 aliphatic heterocycles. The maximum absolute atomic E-state index is 12.9. The van der Waals surface area contributed by atoms with Crippen LogP contribution in [-0.4, -0.2) is 48.3 Å². The largest absolute Gasteiger partial charge is 0.486 e. The fourth-order valence-electron chi connectivity index (χ4n) is 4.16. The Morgan fingerprint density at radius 2 is 1.53 bits per heavy atom. The molecule has 2 atom stereocenters. The van der Waals surface area contributed by atoms with Crippen LogP contribution in [0.5, 0.6) is 23.0 Å². The molecule has 3 aromatic rings. The molecule has 0 saturated heterocycles. The van der Waals surface area contributed by atoms with E-state index in [0.717, 1.165) is 17.1 Å². The number of hydrogen-bond donors (Lipinski definition) is 0. The summed E-state index contributed by atoms with van der Waals surface area (Å²) in [5.74, 6) is 1.57. The van der Waals surface area contributed by atoms with E-state index in [9.17, 15) is 9.59 Å². The smallest absolute Gasteiger partial charge is 0.351 e. The van der Waals surface area contributed by atoms with E-state index < -0.39 is 12.1 Å². The summed E-state index contributed by atoms with van der Waals surface area (Å²) in [6.07, 6.45) is -1.10. The number of ketones is 1. The van der Waals surface area contributed by atoms with Crippen molar-refractivity contribution < 1.29 is 33.3 Å². The van der Waals surface area contributed by atoms with Gasteiger partial charge in [-0.05, 0) is 44.2 Å². The van der Waals surface area contributed by atoms with Crippen LogP contribution in [0.3, 0.4) is 0 Å². The van der Waals surface area contributed by atoms with Gasteiger partial charge in [0.2, 0.25) is 11.9 Å². The fraction of sp³-hybridized carbons (Fsp3) is 0.308.